The van der Waals surface area contributed by atoms with Gasteiger partial charge in [-0.25, -0.2) is 9.69 Å². The first-order chi connectivity index (χ1) is 8.77. The third-order valence-electron chi connectivity index (χ3n) is 2.71. The van der Waals surface area contributed by atoms with E-state index < -0.39 is 18.3 Å². The van der Waals surface area contributed by atoms with Crippen molar-refractivity contribution in [3.8, 4) is 0 Å². The van der Waals surface area contributed by atoms with Crippen LogP contribution < -0.4 is 0 Å². The number of carbonyl (C=O) groups is 1. The van der Waals surface area contributed by atoms with Crippen molar-refractivity contribution in [2.24, 2.45) is 0 Å². The van der Waals surface area contributed by atoms with Gasteiger partial charge in [0.05, 0.1) is 12.7 Å². The highest BCUT2D eigenvalue weighted by molar-refractivity contribution is 5.90. The average molecular weight is 275 g/mol. The SMILES string of the molecule is COC(=O)c1ccccc1CN(C(C)C)C(F)(F)F. The topological polar surface area (TPSA) is 29.5 Å². The maximum absolute atomic E-state index is 12.9. The molecule has 0 bridgehead atoms. The van der Waals surface area contributed by atoms with E-state index in [0.717, 1.165) is 0 Å². The van der Waals surface area contributed by atoms with E-state index >= 15 is 0 Å². The highest BCUT2D eigenvalue weighted by Crippen LogP contribution is 2.27. The molecule has 0 unspecified atom stereocenters. The van der Waals surface area contributed by atoms with Gasteiger partial charge in [-0.2, -0.15) is 13.2 Å². The van der Waals surface area contributed by atoms with E-state index in [1.807, 2.05) is 0 Å². The van der Waals surface area contributed by atoms with Gasteiger partial charge in [0, 0.05) is 12.6 Å². The molecule has 0 spiro atoms. The number of methoxy groups -OCH3 is 1. The number of nitrogens with zero attached hydrogens (tertiary/aromatic N) is 1. The fourth-order valence-corrected chi connectivity index (χ4v) is 1.72. The lowest BCUT2D eigenvalue weighted by Gasteiger charge is -2.29. The Hall–Kier alpha value is -1.56. The van der Waals surface area contributed by atoms with Gasteiger partial charge in [0.15, 0.2) is 0 Å². The summed E-state index contributed by atoms with van der Waals surface area (Å²) in [7, 11) is 1.20. The molecule has 0 aliphatic rings. The minimum Gasteiger partial charge on any atom is -0.465 e. The summed E-state index contributed by atoms with van der Waals surface area (Å²) in [5, 5.41) is 0. The maximum atomic E-state index is 12.9. The Balaban J connectivity index is 3.07. The number of rotatable bonds is 4. The van der Waals surface area contributed by atoms with Crippen LogP contribution in [0.2, 0.25) is 0 Å². The first-order valence-electron chi connectivity index (χ1n) is 5.77. The molecule has 0 saturated carbocycles. The van der Waals surface area contributed by atoms with Gasteiger partial charge in [-0.05, 0) is 25.5 Å². The van der Waals surface area contributed by atoms with Crippen LogP contribution in [0.15, 0.2) is 24.3 Å². The molecule has 0 aliphatic heterocycles. The monoisotopic (exact) mass is 275 g/mol. The second kappa shape index (κ2) is 6.06. The molecule has 0 amide bonds. The van der Waals surface area contributed by atoms with E-state index in [9.17, 15) is 18.0 Å². The summed E-state index contributed by atoms with van der Waals surface area (Å²) in [6.45, 7) is 2.52. The van der Waals surface area contributed by atoms with Crippen molar-refractivity contribution in [1.29, 1.82) is 0 Å². The van der Waals surface area contributed by atoms with Crippen LogP contribution in [0.5, 0.6) is 0 Å². The molecule has 0 aromatic heterocycles. The molecule has 3 nitrogen and oxygen atoms in total. The van der Waals surface area contributed by atoms with Crippen LogP contribution >= 0.6 is 0 Å². The van der Waals surface area contributed by atoms with Crippen LogP contribution in [-0.4, -0.2) is 30.3 Å². The van der Waals surface area contributed by atoms with Gasteiger partial charge in [-0.1, -0.05) is 18.2 Å². The van der Waals surface area contributed by atoms with Gasteiger partial charge in [0.1, 0.15) is 0 Å². The van der Waals surface area contributed by atoms with E-state index in [1.165, 1.54) is 33.1 Å². The van der Waals surface area contributed by atoms with Crippen molar-refractivity contribution in [2.75, 3.05) is 7.11 Å². The Morgan fingerprint density at radius 3 is 2.37 bits per heavy atom. The van der Waals surface area contributed by atoms with Crippen molar-refractivity contribution in [3.05, 3.63) is 35.4 Å². The van der Waals surface area contributed by atoms with Gasteiger partial charge in [-0.3, -0.25) is 0 Å². The number of hydrogen-bond donors (Lipinski definition) is 0. The van der Waals surface area contributed by atoms with Crippen LogP contribution in [0.4, 0.5) is 13.2 Å². The fraction of sp³-hybridized carbons (Fsp3) is 0.462. The van der Waals surface area contributed by atoms with Crippen molar-refractivity contribution in [3.63, 3.8) is 0 Å². The molecule has 106 valence electrons. The first-order valence-corrected chi connectivity index (χ1v) is 5.77. The molecule has 0 atom stereocenters. The van der Waals surface area contributed by atoms with Crippen LogP contribution in [0.3, 0.4) is 0 Å². The summed E-state index contributed by atoms with van der Waals surface area (Å²) in [5.74, 6) is -0.638. The Morgan fingerprint density at radius 2 is 1.89 bits per heavy atom. The molecular formula is C13H16F3NO2. The summed E-state index contributed by atoms with van der Waals surface area (Å²) in [6, 6.07) is 5.41. The zero-order valence-electron chi connectivity index (χ0n) is 11.0. The molecule has 0 aliphatic carbocycles. The van der Waals surface area contributed by atoms with Crippen LogP contribution in [0.25, 0.3) is 0 Å². The Labute approximate surface area is 110 Å². The highest BCUT2D eigenvalue weighted by Gasteiger charge is 2.39. The van der Waals surface area contributed by atoms with Gasteiger partial charge in [-0.15, -0.1) is 0 Å². The lowest BCUT2D eigenvalue weighted by molar-refractivity contribution is -0.259. The van der Waals surface area contributed by atoms with E-state index in [4.69, 9.17) is 0 Å². The lowest BCUT2D eigenvalue weighted by Crippen LogP contribution is -2.42. The van der Waals surface area contributed by atoms with E-state index in [2.05, 4.69) is 4.74 Å². The van der Waals surface area contributed by atoms with Crippen molar-refractivity contribution in [2.45, 2.75) is 32.7 Å². The predicted octanol–water partition coefficient (Wildman–Crippen LogP) is 3.20. The normalized spacial score (nSPS) is 12.0. The number of carbonyl (C=O) groups excluding carboxylic acids is 1. The van der Waals surface area contributed by atoms with Crippen molar-refractivity contribution in [1.82, 2.24) is 4.90 Å². The van der Waals surface area contributed by atoms with Crippen molar-refractivity contribution < 1.29 is 22.7 Å². The number of alkyl halides is 3. The third-order valence-corrected chi connectivity index (χ3v) is 2.71. The molecule has 0 N–H and O–H groups in total. The van der Waals surface area contributed by atoms with Gasteiger partial charge < -0.3 is 4.74 Å². The van der Waals surface area contributed by atoms with E-state index in [-0.39, 0.29) is 12.1 Å². The summed E-state index contributed by atoms with van der Waals surface area (Å²) < 4.78 is 43.2. The summed E-state index contributed by atoms with van der Waals surface area (Å²) in [6.07, 6.45) is -4.45. The van der Waals surface area contributed by atoms with Crippen LogP contribution in [0, 0.1) is 0 Å². The Morgan fingerprint density at radius 1 is 1.32 bits per heavy atom. The molecule has 1 aromatic carbocycles. The fourth-order valence-electron chi connectivity index (χ4n) is 1.72. The summed E-state index contributed by atoms with van der Waals surface area (Å²) >= 11 is 0. The predicted molar refractivity (Wildman–Crippen MR) is 64.5 cm³/mol. The second-order valence-corrected chi connectivity index (χ2v) is 4.34. The van der Waals surface area contributed by atoms with Crippen LogP contribution in [0.1, 0.15) is 29.8 Å². The zero-order chi connectivity index (χ0) is 14.6. The standard InChI is InChI=1S/C13H16F3NO2/c1-9(2)17(13(14,15)16)8-10-6-4-5-7-11(10)12(18)19-3/h4-7,9H,8H2,1-3H3. The lowest BCUT2D eigenvalue weighted by atomic mass is 10.1. The molecular weight excluding hydrogens is 259 g/mol. The summed E-state index contributed by atoms with van der Waals surface area (Å²) in [5.41, 5.74) is 0.445. The summed E-state index contributed by atoms with van der Waals surface area (Å²) in [4.78, 5) is 11.9. The van der Waals surface area contributed by atoms with Gasteiger partial charge in [0.25, 0.3) is 0 Å². The molecule has 0 heterocycles. The third kappa shape index (κ3) is 3.96. The molecule has 0 radical (unpaired) electrons. The minimum atomic E-state index is -4.45. The molecule has 1 aromatic rings. The molecule has 0 saturated heterocycles. The molecule has 0 fully saturated rings. The van der Waals surface area contributed by atoms with E-state index in [0.29, 0.717) is 10.5 Å². The quantitative estimate of drug-likeness (QED) is 0.624. The highest BCUT2D eigenvalue weighted by atomic mass is 19.4. The largest absolute Gasteiger partial charge is 0.465 e. The molecule has 1 rings (SSSR count). The second-order valence-electron chi connectivity index (χ2n) is 4.34. The number of benzene rings is 1. The van der Waals surface area contributed by atoms with Crippen molar-refractivity contribution >= 4 is 5.97 Å². The van der Waals surface area contributed by atoms with Gasteiger partial charge in [0.2, 0.25) is 0 Å². The molecule has 19 heavy (non-hydrogen) atoms. The number of esters is 1. The van der Waals surface area contributed by atoms with Crippen LogP contribution in [-0.2, 0) is 11.3 Å². The first kappa shape index (κ1) is 15.5. The number of hydrogen-bond acceptors (Lipinski definition) is 3. The maximum Gasteiger partial charge on any atom is 0.460 e. The van der Waals surface area contributed by atoms with E-state index in [1.54, 1.807) is 12.1 Å². The number of ether oxygens (including phenoxy) is 1. The average Bonchev–Trinajstić information content (AvgIpc) is 2.33. The smallest absolute Gasteiger partial charge is 0.460 e. The minimum absolute atomic E-state index is 0.153. The number of halogens is 3. The zero-order valence-corrected chi connectivity index (χ0v) is 11.0. The molecule has 6 heteroatoms. The Bertz CT molecular complexity index is 444. The van der Waals surface area contributed by atoms with Gasteiger partial charge >= 0.3 is 12.3 Å². The Kier molecular flexibility index (Phi) is 4.94.